The second kappa shape index (κ2) is 14.3. The van der Waals surface area contributed by atoms with Crippen LogP contribution in [-0.2, 0) is 16.6 Å². The number of rotatable bonds is 10. The van der Waals surface area contributed by atoms with Crippen LogP contribution in [0.2, 0.25) is 5.02 Å². The predicted octanol–water partition coefficient (Wildman–Crippen LogP) is 7.15. The van der Waals surface area contributed by atoms with E-state index in [2.05, 4.69) is 26.7 Å². The highest BCUT2D eigenvalue weighted by atomic mass is 35.5. The van der Waals surface area contributed by atoms with Crippen molar-refractivity contribution in [1.82, 2.24) is 9.62 Å². The summed E-state index contributed by atoms with van der Waals surface area (Å²) in [6.07, 6.45) is 0. The van der Waals surface area contributed by atoms with Crippen molar-refractivity contribution in [3.63, 3.8) is 0 Å². The molecule has 244 valence electrons. The van der Waals surface area contributed by atoms with Crippen LogP contribution in [0.5, 0.6) is 11.5 Å². The summed E-state index contributed by atoms with van der Waals surface area (Å²) in [7, 11) is -4.32. The number of hydrogen-bond donors (Lipinski definition) is 1. The van der Waals surface area contributed by atoms with E-state index >= 15 is 0 Å². The first-order chi connectivity index (χ1) is 23.2. The molecule has 5 aromatic rings. The topological polar surface area (TPSA) is 122 Å². The molecule has 0 spiro atoms. The lowest BCUT2D eigenvalue weighted by atomic mass is 9.99. The average molecular weight is 683 g/mol. The lowest BCUT2D eigenvalue weighted by molar-refractivity contribution is -0.384. The Morgan fingerprint density at radius 1 is 0.833 bits per heavy atom. The van der Waals surface area contributed by atoms with Gasteiger partial charge in [-0.1, -0.05) is 66.2 Å². The minimum atomic E-state index is -4.32. The normalized spacial score (nSPS) is 13.6. The molecule has 0 saturated carbocycles. The number of nitrogens with zero attached hydrogens (tertiary/aromatic N) is 3. The number of nitro benzene ring substituents is 1. The molecule has 0 atom stereocenters. The molecule has 1 saturated heterocycles. The van der Waals surface area contributed by atoms with E-state index < -0.39 is 20.9 Å². The lowest BCUT2D eigenvalue weighted by Gasteiger charge is -2.36. The molecule has 48 heavy (non-hydrogen) atoms. The number of non-ortho nitro benzene ring substituents is 1. The minimum absolute atomic E-state index is 0.0190. The Labute approximate surface area is 283 Å². The van der Waals surface area contributed by atoms with Crippen LogP contribution < -0.4 is 14.4 Å². The Morgan fingerprint density at radius 2 is 1.50 bits per heavy atom. The summed E-state index contributed by atoms with van der Waals surface area (Å²) >= 11 is 6.11. The van der Waals surface area contributed by atoms with E-state index in [1.54, 1.807) is 42.5 Å². The van der Waals surface area contributed by atoms with Crippen LogP contribution >= 0.6 is 11.6 Å². The Hall–Kier alpha value is -5.23. The summed E-state index contributed by atoms with van der Waals surface area (Å²) in [5, 5.41) is 11.7. The Balaban J connectivity index is 1.18. The summed E-state index contributed by atoms with van der Waals surface area (Å²) in [5.74, 6) is -0.226. The molecule has 1 aliphatic rings. The fraction of sp³-hybridized carbons (Fsp3) is 0.139. The average Bonchev–Trinajstić information content (AvgIpc) is 3.09. The van der Waals surface area contributed by atoms with Gasteiger partial charge in [-0.15, -0.1) is 0 Å². The molecular weight excluding hydrogens is 652 g/mol. The fourth-order valence-electron chi connectivity index (χ4n) is 5.55. The Kier molecular flexibility index (Phi) is 9.72. The SMILES string of the molecule is O=C(NS(=O)(=O)c1ccc([N+](=O)[O-])cc1)c1ccc(N2CCN(Cc3ccccc3-c3ccc(Cl)cc3)CC2)cc1Oc1ccccc1. The predicted molar refractivity (Wildman–Crippen MR) is 185 cm³/mol. The van der Waals surface area contributed by atoms with E-state index in [-0.39, 0.29) is 21.9 Å². The number of carbonyl (C=O) groups is 1. The monoisotopic (exact) mass is 682 g/mol. The quantitative estimate of drug-likeness (QED) is 0.122. The zero-order valence-electron chi connectivity index (χ0n) is 25.7. The molecule has 0 bridgehead atoms. The lowest BCUT2D eigenvalue weighted by Crippen LogP contribution is -2.46. The number of halogens is 1. The maximum Gasteiger partial charge on any atom is 0.269 e. The van der Waals surface area contributed by atoms with E-state index in [1.165, 1.54) is 11.1 Å². The number of hydrogen-bond acceptors (Lipinski definition) is 8. The molecule has 0 aliphatic carbocycles. The number of anilines is 1. The van der Waals surface area contributed by atoms with E-state index in [0.717, 1.165) is 68.2 Å². The zero-order valence-corrected chi connectivity index (χ0v) is 27.2. The second-order valence-corrected chi connectivity index (χ2v) is 13.3. The second-order valence-electron chi connectivity index (χ2n) is 11.2. The van der Waals surface area contributed by atoms with Gasteiger partial charge in [-0.05, 0) is 65.2 Å². The standard InChI is InChI=1S/C36H31ClN4O6S/c37-28-12-10-26(11-13-28)33-9-5-4-6-27(33)25-39-20-22-40(23-21-39)30-16-19-34(35(24-30)47-31-7-2-1-3-8-31)36(42)38-48(45,46)32-17-14-29(15-18-32)41(43)44/h1-19,24H,20-23,25H2,(H,38,42). The van der Waals surface area contributed by atoms with Crippen LogP contribution in [0.25, 0.3) is 11.1 Å². The van der Waals surface area contributed by atoms with Crippen LogP contribution in [-0.4, -0.2) is 50.3 Å². The van der Waals surface area contributed by atoms with E-state index in [4.69, 9.17) is 16.3 Å². The molecule has 12 heteroatoms. The van der Waals surface area contributed by atoms with Crippen LogP contribution in [0.3, 0.4) is 0 Å². The first-order valence-electron chi connectivity index (χ1n) is 15.2. The van der Waals surface area contributed by atoms with Gasteiger partial charge in [0.1, 0.15) is 11.5 Å². The number of nitrogens with one attached hydrogen (secondary N) is 1. The van der Waals surface area contributed by atoms with E-state index in [1.807, 2.05) is 42.5 Å². The molecular formula is C36H31ClN4O6S. The van der Waals surface area contributed by atoms with Crippen LogP contribution in [0, 0.1) is 10.1 Å². The van der Waals surface area contributed by atoms with Gasteiger partial charge in [0, 0.05) is 61.6 Å². The van der Waals surface area contributed by atoms with Crippen molar-refractivity contribution in [3.05, 3.63) is 148 Å². The number of nitro groups is 1. The third-order valence-electron chi connectivity index (χ3n) is 8.07. The van der Waals surface area contributed by atoms with E-state index in [0.29, 0.717) is 10.8 Å². The van der Waals surface area contributed by atoms with Gasteiger partial charge >= 0.3 is 0 Å². The van der Waals surface area contributed by atoms with Crippen LogP contribution in [0.4, 0.5) is 11.4 Å². The molecule has 6 rings (SSSR count). The maximum absolute atomic E-state index is 13.4. The van der Waals surface area contributed by atoms with Crippen molar-refractivity contribution in [2.45, 2.75) is 11.4 Å². The Bertz CT molecular complexity index is 2030. The first-order valence-corrected chi connectivity index (χ1v) is 17.0. The molecule has 0 aromatic heterocycles. The summed E-state index contributed by atoms with van der Waals surface area (Å²) in [6.45, 7) is 3.86. The van der Waals surface area contributed by atoms with Crippen LogP contribution in [0.15, 0.2) is 126 Å². The molecule has 1 N–H and O–H groups in total. The van der Waals surface area contributed by atoms with Gasteiger partial charge in [0.15, 0.2) is 0 Å². The summed E-state index contributed by atoms with van der Waals surface area (Å²) in [5.41, 5.74) is 4.10. The number of piperazine rings is 1. The largest absolute Gasteiger partial charge is 0.456 e. The van der Waals surface area contributed by atoms with Gasteiger partial charge in [-0.25, -0.2) is 13.1 Å². The van der Waals surface area contributed by atoms with Crippen molar-refractivity contribution in [2.24, 2.45) is 0 Å². The molecule has 1 aliphatic heterocycles. The smallest absolute Gasteiger partial charge is 0.269 e. The van der Waals surface area contributed by atoms with Crippen molar-refractivity contribution in [1.29, 1.82) is 0 Å². The third kappa shape index (κ3) is 7.66. The van der Waals surface area contributed by atoms with Gasteiger partial charge in [0.05, 0.1) is 15.4 Å². The molecule has 1 heterocycles. The number of sulfonamides is 1. The van der Waals surface area contributed by atoms with Gasteiger partial charge in [-0.3, -0.25) is 19.8 Å². The summed E-state index contributed by atoms with van der Waals surface area (Å²) in [4.78, 5) is 28.0. The number of para-hydroxylation sites is 1. The van der Waals surface area contributed by atoms with Gasteiger partial charge in [0.25, 0.3) is 21.6 Å². The summed E-state index contributed by atoms with van der Waals surface area (Å²) < 4.78 is 34.2. The van der Waals surface area contributed by atoms with Crippen molar-refractivity contribution >= 4 is 38.9 Å². The maximum atomic E-state index is 13.4. The molecule has 5 aromatic carbocycles. The summed E-state index contributed by atoms with van der Waals surface area (Å²) in [6, 6.07) is 34.5. The molecule has 1 amide bonds. The van der Waals surface area contributed by atoms with Crippen molar-refractivity contribution in [2.75, 3.05) is 31.1 Å². The number of carbonyl (C=O) groups excluding carboxylic acids is 1. The van der Waals surface area contributed by atoms with Crippen LogP contribution in [0.1, 0.15) is 15.9 Å². The first kappa shape index (κ1) is 32.7. The highest BCUT2D eigenvalue weighted by Crippen LogP contribution is 2.32. The molecule has 0 radical (unpaired) electrons. The minimum Gasteiger partial charge on any atom is -0.456 e. The number of amides is 1. The number of ether oxygens (including phenoxy) is 1. The number of benzene rings is 5. The van der Waals surface area contributed by atoms with Gasteiger partial charge in [0.2, 0.25) is 0 Å². The highest BCUT2D eigenvalue weighted by molar-refractivity contribution is 7.90. The zero-order chi connectivity index (χ0) is 33.7. The molecule has 0 unspecified atom stereocenters. The highest BCUT2D eigenvalue weighted by Gasteiger charge is 2.25. The Morgan fingerprint density at radius 3 is 2.19 bits per heavy atom. The van der Waals surface area contributed by atoms with Gasteiger partial charge < -0.3 is 9.64 Å². The van der Waals surface area contributed by atoms with Crippen molar-refractivity contribution in [3.8, 4) is 22.6 Å². The van der Waals surface area contributed by atoms with Crippen molar-refractivity contribution < 1.29 is 22.9 Å². The third-order valence-corrected chi connectivity index (χ3v) is 9.67. The van der Waals surface area contributed by atoms with E-state index in [9.17, 15) is 23.3 Å². The van der Waals surface area contributed by atoms with Gasteiger partial charge in [-0.2, -0.15) is 0 Å². The molecule has 1 fully saturated rings. The molecule has 10 nitrogen and oxygen atoms in total. The fourth-order valence-corrected chi connectivity index (χ4v) is 6.64.